The van der Waals surface area contributed by atoms with Gasteiger partial charge >= 0.3 is 18.0 Å². The molecule has 2 aromatic rings. The number of likely N-dealkylation sites (tertiary alicyclic amines) is 1. The van der Waals surface area contributed by atoms with Crippen molar-refractivity contribution >= 4 is 18.0 Å². The van der Waals surface area contributed by atoms with Crippen LogP contribution in [0.25, 0.3) is 0 Å². The van der Waals surface area contributed by atoms with Crippen molar-refractivity contribution in [1.82, 2.24) is 10.2 Å². The average Bonchev–Trinajstić information content (AvgIpc) is 3.03. The molecule has 1 amide bonds. The number of ether oxygens (including phenoxy) is 3. The van der Waals surface area contributed by atoms with Crippen LogP contribution >= 0.6 is 0 Å². The minimum atomic E-state index is -0.357. The van der Waals surface area contributed by atoms with Crippen LogP contribution in [-0.2, 0) is 34.6 Å². The number of carbonyl (C=O) groups excluding carboxylic acids is 3. The largest absolute Gasteiger partial charge is 0.469 e. The number of nitrogens with one attached hydrogen (secondary N) is 1. The molecular formula is C36H52N2O6. The highest BCUT2D eigenvalue weighted by molar-refractivity contribution is 5.74. The Morgan fingerprint density at radius 1 is 0.727 bits per heavy atom. The first-order valence-electron chi connectivity index (χ1n) is 15.6. The number of benzene rings is 2. The third kappa shape index (κ3) is 9.07. The molecule has 0 aliphatic carbocycles. The molecule has 4 atom stereocenters. The lowest BCUT2D eigenvalue weighted by atomic mass is 9.82. The molecule has 4 unspecified atom stereocenters. The van der Waals surface area contributed by atoms with Crippen molar-refractivity contribution in [3.05, 3.63) is 70.8 Å². The number of nitrogens with zero attached hydrogens (tertiary/aromatic N) is 1. The van der Waals surface area contributed by atoms with E-state index in [9.17, 15) is 14.4 Å². The van der Waals surface area contributed by atoms with Crippen LogP contribution in [0.2, 0.25) is 0 Å². The van der Waals surface area contributed by atoms with Crippen LogP contribution in [0.5, 0.6) is 0 Å². The van der Waals surface area contributed by atoms with Gasteiger partial charge < -0.3 is 24.4 Å². The fraction of sp³-hybridized carbons (Fsp3) is 0.583. The molecule has 8 nitrogen and oxygen atoms in total. The Hall–Kier alpha value is -3.39. The van der Waals surface area contributed by atoms with Gasteiger partial charge in [-0.1, -0.05) is 90.1 Å². The van der Waals surface area contributed by atoms with E-state index in [0.29, 0.717) is 19.4 Å². The van der Waals surface area contributed by atoms with Gasteiger partial charge in [0.15, 0.2) is 0 Å². The van der Waals surface area contributed by atoms with Crippen molar-refractivity contribution in [2.45, 2.75) is 90.1 Å². The van der Waals surface area contributed by atoms with Crippen molar-refractivity contribution in [3.8, 4) is 0 Å². The summed E-state index contributed by atoms with van der Waals surface area (Å²) in [6, 6.07) is 17.0. The molecule has 4 rings (SSSR count). The average molecular weight is 609 g/mol. The van der Waals surface area contributed by atoms with E-state index in [1.54, 1.807) is 4.90 Å². The van der Waals surface area contributed by atoms with Gasteiger partial charge in [0.2, 0.25) is 0 Å². The maximum Gasteiger partial charge on any atom is 0.409 e. The second-order valence-corrected chi connectivity index (χ2v) is 13.9. The minimum Gasteiger partial charge on any atom is -0.469 e. The Labute approximate surface area is 263 Å². The number of hydrogen-bond acceptors (Lipinski definition) is 7. The van der Waals surface area contributed by atoms with Gasteiger partial charge in [0.25, 0.3) is 0 Å². The quantitative estimate of drug-likeness (QED) is 0.299. The number of methoxy groups -OCH3 is 3. The Kier molecular flexibility index (Phi) is 12.0. The second-order valence-electron chi connectivity index (χ2n) is 13.9. The highest BCUT2D eigenvalue weighted by Gasteiger charge is 2.37. The summed E-state index contributed by atoms with van der Waals surface area (Å²) in [5.74, 6) is -0.469. The van der Waals surface area contributed by atoms with Gasteiger partial charge in [-0.2, -0.15) is 0 Å². The van der Waals surface area contributed by atoms with E-state index in [0.717, 1.165) is 24.9 Å². The Morgan fingerprint density at radius 3 is 1.77 bits per heavy atom. The molecule has 2 saturated heterocycles. The molecule has 2 aliphatic rings. The zero-order valence-corrected chi connectivity index (χ0v) is 28.1. The molecule has 2 heterocycles. The summed E-state index contributed by atoms with van der Waals surface area (Å²) in [5.41, 5.74) is 4.99. The molecule has 2 aliphatic heterocycles. The van der Waals surface area contributed by atoms with E-state index < -0.39 is 0 Å². The summed E-state index contributed by atoms with van der Waals surface area (Å²) in [6.07, 6.45) is 2.47. The number of carbonyl (C=O) groups is 3. The zero-order valence-electron chi connectivity index (χ0n) is 28.1. The zero-order chi connectivity index (χ0) is 32.7. The highest BCUT2D eigenvalue weighted by Crippen LogP contribution is 2.37. The summed E-state index contributed by atoms with van der Waals surface area (Å²) in [7, 11) is 4.27. The van der Waals surface area contributed by atoms with E-state index in [2.05, 4.69) is 83.3 Å². The summed E-state index contributed by atoms with van der Waals surface area (Å²) in [6.45, 7) is 14.5. The van der Waals surface area contributed by atoms with Crippen LogP contribution in [-0.4, -0.2) is 57.4 Å². The maximum absolute atomic E-state index is 12.2. The Balaban J connectivity index is 0.000000244. The summed E-state index contributed by atoms with van der Waals surface area (Å²) in [5, 5.41) is 3.52. The first-order valence-corrected chi connectivity index (χ1v) is 15.6. The van der Waals surface area contributed by atoms with E-state index in [1.807, 2.05) is 12.1 Å². The first-order chi connectivity index (χ1) is 20.7. The summed E-state index contributed by atoms with van der Waals surface area (Å²) < 4.78 is 14.7. The standard InChI is InChI=1S/C19H27NO4.C17H25NO2/c1-19(2,3)15-8-6-7-13(11-15)16-12-14(17(21)23-4)9-10-20(16)18(22)24-5;1-17(2,3)14-7-5-6-12(10-14)15-11-13(8-9-18-15)16(19)20-4/h6-8,11,14,16H,9-10,12H2,1-5H3;5-7,10,13,15,18H,8-9,11H2,1-4H3. The Morgan fingerprint density at radius 2 is 1.25 bits per heavy atom. The lowest BCUT2D eigenvalue weighted by Crippen LogP contribution is -2.43. The monoisotopic (exact) mass is 608 g/mol. The molecule has 2 fully saturated rings. The van der Waals surface area contributed by atoms with Crippen molar-refractivity contribution in [3.63, 3.8) is 0 Å². The van der Waals surface area contributed by atoms with Crippen LogP contribution in [0.3, 0.4) is 0 Å². The highest BCUT2D eigenvalue weighted by atomic mass is 16.5. The van der Waals surface area contributed by atoms with E-state index in [1.165, 1.54) is 38.0 Å². The van der Waals surface area contributed by atoms with E-state index in [-0.39, 0.29) is 52.8 Å². The van der Waals surface area contributed by atoms with Crippen LogP contribution < -0.4 is 5.32 Å². The predicted octanol–water partition coefficient (Wildman–Crippen LogP) is 6.87. The minimum absolute atomic E-state index is 0.0164. The van der Waals surface area contributed by atoms with Gasteiger partial charge in [-0.05, 0) is 65.3 Å². The Bertz CT molecular complexity index is 1280. The molecule has 0 aromatic heterocycles. The van der Waals surface area contributed by atoms with Gasteiger partial charge in [0, 0.05) is 12.6 Å². The number of esters is 2. The summed E-state index contributed by atoms with van der Waals surface area (Å²) in [4.78, 5) is 37.6. The first kappa shape index (κ1) is 35.1. The molecule has 0 spiro atoms. The van der Waals surface area contributed by atoms with Gasteiger partial charge in [0.05, 0.1) is 39.2 Å². The number of piperidine rings is 2. The molecule has 0 saturated carbocycles. The summed E-state index contributed by atoms with van der Waals surface area (Å²) >= 11 is 0. The number of hydrogen-bond donors (Lipinski definition) is 1. The van der Waals surface area contributed by atoms with Crippen molar-refractivity contribution in [2.24, 2.45) is 11.8 Å². The lowest BCUT2D eigenvalue weighted by Gasteiger charge is -2.38. The van der Waals surface area contributed by atoms with Crippen molar-refractivity contribution in [1.29, 1.82) is 0 Å². The molecule has 1 N–H and O–H groups in total. The van der Waals surface area contributed by atoms with Gasteiger partial charge in [-0.15, -0.1) is 0 Å². The third-order valence-electron chi connectivity index (χ3n) is 8.78. The molecule has 8 heteroatoms. The van der Waals surface area contributed by atoms with Gasteiger partial charge in [-0.25, -0.2) is 4.79 Å². The van der Waals surface area contributed by atoms with Crippen LogP contribution in [0.4, 0.5) is 4.79 Å². The van der Waals surface area contributed by atoms with E-state index >= 15 is 0 Å². The predicted molar refractivity (Wildman–Crippen MR) is 172 cm³/mol. The van der Waals surface area contributed by atoms with Crippen molar-refractivity contribution < 1.29 is 28.6 Å². The molecular weight excluding hydrogens is 556 g/mol. The fourth-order valence-corrected chi connectivity index (χ4v) is 5.98. The van der Waals surface area contributed by atoms with Gasteiger partial charge in [0.1, 0.15) is 0 Å². The van der Waals surface area contributed by atoms with Crippen LogP contribution in [0.1, 0.15) is 102 Å². The normalized spacial score (nSPS) is 22.2. The number of rotatable bonds is 4. The molecule has 242 valence electrons. The molecule has 44 heavy (non-hydrogen) atoms. The maximum atomic E-state index is 12.2. The third-order valence-corrected chi connectivity index (χ3v) is 8.78. The van der Waals surface area contributed by atoms with Gasteiger partial charge in [-0.3, -0.25) is 9.59 Å². The van der Waals surface area contributed by atoms with Crippen molar-refractivity contribution in [2.75, 3.05) is 34.4 Å². The topological polar surface area (TPSA) is 94.2 Å². The van der Waals surface area contributed by atoms with E-state index in [4.69, 9.17) is 14.2 Å². The smallest absolute Gasteiger partial charge is 0.409 e. The fourth-order valence-electron chi connectivity index (χ4n) is 5.98. The number of amides is 1. The SMILES string of the molecule is COC(=O)C1CCN(C(=O)OC)C(c2cccc(C(C)(C)C)c2)C1.COC(=O)C1CCNC(c2cccc(C(C)(C)C)c2)C1. The lowest BCUT2D eigenvalue weighted by molar-refractivity contribution is -0.148. The molecule has 2 aromatic carbocycles. The van der Waals surface area contributed by atoms with Crippen LogP contribution in [0, 0.1) is 11.8 Å². The molecule has 0 radical (unpaired) electrons. The second kappa shape index (κ2) is 15.1. The molecule has 0 bridgehead atoms. The van der Waals surface area contributed by atoms with Crippen LogP contribution in [0.15, 0.2) is 48.5 Å².